The van der Waals surface area contributed by atoms with Gasteiger partial charge in [0.05, 0.1) is 18.1 Å². The lowest BCUT2D eigenvalue weighted by molar-refractivity contribution is -0.116. The van der Waals surface area contributed by atoms with Crippen LogP contribution in [0.5, 0.6) is 0 Å². The maximum atomic E-state index is 11.7. The first-order valence-corrected chi connectivity index (χ1v) is 9.86. The first-order chi connectivity index (χ1) is 14.1. The van der Waals surface area contributed by atoms with Crippen molar-refractivity contribution in [1.29, 1.82) is 0 Å². The Morgan fingerprint density at radius 3 is 2.59 bits per heavy atom. The van der Waals surface area contributed by atoms with Gasteiger partial charge in [0.15, 0.2) is 5.82 Å². The van der Waals surface area contributed by atoms with E-state index >= 15 is 0 Å². The minimum Gasteiger partial charge on any atom is -0.368 e. The van der Waals surface area contributed by atoms with Crippen LogP contribution in [0.25, 0.3) is 0 Å². The molecule has 0 radical (unpaired) electrons. The summed E-state index contributed by atoms with van der Waals surface area (Å²) < 4.78 is 0. The van der Waals surface area contributed by atoms with Crippen molar-refractivity contribution in [3.8, 4) is 0 Å². The molecule has 1 aliphatic rings. The van der Waals surface area contributed by atoms with Crippen molar-refractivity contribution in [3.05, 3.63) is 41.9 Å². The maximum absolute atomic E-state index is 11.7. The number of carbonyl (C=O) groups excluding carboxylic acids is 2. The highest BCUT2D eigenvalue weighted by molar-refractivity contribution is 5.92. The van der Waals surface area contributed by atoms with E-state index in [1.54, 1.807) is 25.5 Å². The zero-order chi connectivity index (χ0) is 20.6. The lowest BCUT2D eigenvalue weighted by Gasteiger charge is -2.35. The molecule has 154 valence electrons. The standard InChI is InChI=1S/C20H27N7O2/c1-3-4-19(28)24-18-11-15(12-23-25-18)14-26-7-9-27(10-8-26)16-5-6-17(22-13-16)20(29)21-2/h5-6,11-13H,3-4,7-10,14H2,1-2H3,(H,21,29)(H,24,25,28). The van der Waals surface area contributed by atoms with Crippen LogP contribution in [0.1, 0.15) is 35.8 Å². The van der Waals surface area contributed by atoms with Crippen LogP contribution in [0.2, 0.25) is 0 Å². The normalized spacial score (nSPS) is 14.5. The van der Waals surface area contributed by atoms with Gasteiger partial charge in [0, 0.05) is 46.2 Å². The number of carbonyl (C=O) groups is 2. The third-order valence-electron chi connectivity index (χ3n) is 4.81. The largest absolute Gasteiger partial charge is 0.368 e. The molecule has 29 heavy (non-hydrogen) atoms. The molecule has 3 heterocycles. The van der Waals surface area contributed by atoms with E-state index in [1.807, 2.05) is 19.1 Å². The fourth-order valence-electron chi connectivity index (χ4n) is 3.24. The number of aromatic nitrogens is 3. The summed E-state index contributed by atoms with van der Waals surface area (Å²) in [5.41, 5.74) is 2.46. The van der Waals surface area contributed by atoms with Gasteiger partial charge in [0.1, 0.15) is 5.69 Å². The molecule has 0 bridgehead atoms. The van der Waals surface area contributed by atoms with E-state index in [2.05, 4.69) is 35.6 Å². The molecule has 1 aliphatic heterocycles. The van der Waals surface area contributed by atoms with Crippen LogP contribution in [-0.2, 0) is 11.3 Å². The van der Waals surface area contributed by atoms with Gasteiger partial charge < -0.3 is 15.5 Å². The molecule has 0 unspecified atom stereocenters. The molecule has 2 amide bonds. The minimum absolute atomic E-state index is 0.0383. The van der Waals surface area contributed by atoms with Gasteiger partial charge in [-0.05, 0) is 30.2 Å². The molecule has 0 spiro atoms. The van der Waals surface area contributed by atoms with E-state index < -0.39 is 0 Å². The van der Waals surface area contributed by atoms with Crippen molar-refractivity contribution in [2.45, 2.75) is 26.3 Å². The summed E-state index contributed by atoms with van der Waals surface area (Å²) in [7, 11) is 1.59. The smallest absolute Gasteiger partial charge is 0.269 e. The highest BCUT2D eigenvalue weighted by Gasteiger charge is 2.18. The summed E-state index contributed by atoms with van der Waals surface area (Å²) in [6, 6.07) is 5.57. The number of amides is 2. The number of nitrogens with zero attached hydrogens (tertiary/aromatic N) is 5. The number of hydrogen-bond donors (Lipinski definition) is 2. The molecule has 0 saturated carbocycles. The monoisotopic (exact) mass is 397 g/mol. The molecule has 2 aromatic heterocycles. The third-order valence-corrected chi connectivity index (χ3v) is 4.81. The van der Waals surface area contributed by atoms with E-state index in [4.69, 9.17) is 0 Å². The quantitative estimate of drug-likeness (QED) is 0.726. The number of pyridine rings is 1. The first-order valence-electron chi connectivity index (χ1n) is 9.86. The lowest BCUT2D eigenvalue weighted by atomic mass is 10.2. The van der Waals surface area contributed by atoms with E-state index in [9.17, 15) is 9.59 Å². The van der Waals surface area contributed by atoms with Crippen molar-refractivity contribution in [3.63, 3.8) is 0 Å². The van der Waals surface area contributed by atoms with Gasteiger partial charge in [-0.2, -0.15) is 5.10 Å². The Labute approximate surface area is 170 Å². The van der Waals surface area contributed by atoms with Crippen molar-refractivity contribution >= 4 is 23.3 Å². The Morgan fingerprint density at radius 1 is 1.14 bits per heavy atom. The number of piperazine rings is 1. The summed E-state index contributed by atoms with van der Waals surface area (Å²) in [6.45, 7) is 6.27. The van der Waals surface area contributed by atoms with Crippen LogP contribution in [0.3, 0.4) is 0 Å². The maximum Gasteiger partial charge on any atom is 0.269 e. The fraction of sp³-hybridized carbons (Fsp3) is 0.450. The van der Waals surface area contributed by atoms with Crippen molar-refractivity contribution in [2.24, 2.45) is 0 Å². The predicted octanol–water partition coefficient (Wildman–Crippen LogP) is 1.29. The lowest BCUT2D eigenvalue weighted by Crippen LogP contribution is -2.46. The Morgan fingerprint density at radius 2 is 1.93 bits per heavy atom. The van der Waals surface area contributed by atoms with Crippen molar-refractivity contribution < 1.29 is 9.59 Å². The van der Waals surface area contributed by atoms with E-state index in [1.165, 1.54) is 0 Å². The SMILES string of the molecule is CCCC(=O)Nc1cc(CN2CCN(c3ccc(C(=O)NC)nc3)CC2)cnn1. The van der Waals surface area contributed by atoms with Gasteiger partial charge in [-0.3, -0.25) is 14.5 Å². The molecular weight excluding hydrogens is 370 g/mol. The Balaban J connectivity index is 1.52. The summed E-state index contributed by atoms with van der Waals surface area (Å²) in [5, 5.41) is 13.4. The molecule has 3 rings (SSSR count). The van der Waals surface area contributed by atoms with E-state index in [0.29, 0.717) is 17.9 Å². The highest BCUT2D eigenvalue weighted by atomic mass is 16.2. The minimum atomic E-state index is -0.183. The van der Waals surface area contributed by atoms with Crippen LogP contribution in [0, 0.1) is 0 Å². The van der Waals surface area contributed by atoms with E-state index in [0.717, 1.165) is 50.4 Å². The molecule has 1 saturated heterocycles. The van der Waals surface area contributed by atoms with Crippen molar-refractivity contribution in [2.75, 3.05) is 43.4 Å². The van der Waals surface area contributed by atoms with Crippen LogP contribution in [0.15, 0.2) is 30.6 Å². The average Bonchev–Trinajstić information content (AvgIpc) is 2.74. The second-order valence-corrected chi connectivity index (χ2v) is 6.99. The molecule has 0 atom stereocenters. The zero-order valence-electron chi connectivity index (χ0n) is 16.9. The second-order valence-electron chi connectivity index (χ2n) is 6.99. The summed E-state index contributed by atoms with van der Waals surface area (Å²) in [5.74, 6) is 0.281. The first kappa shape index (κ1) is 20.7. The predicted molar refractivity (Wildman–Crippen MR) is 111 cm³/mol. The number of rotatable bonds is 7. The molecule has 9 nitrogen and oxygen atoms in total. The Bertz CT molecular complexity index is 833. The third kappa shape index (κ3) is 5.71. The van der Waals surface area contributed by atoms with Gasteiger partial charge in [-0.15, -0.1) is 5.10 Å². The van der Waals surface area contributed by atoms with Crippen LogP contribution < -0.4 is 15.5 Å². The molecule has 0 aliphatic carbocycles. The number of anilines is 2. The number of nitrogens with one attached hydrogen (secondary N) is 2. The molecule has 9 heteroatoms. The second kappa shape index (κ2) is 9.92. The highest BCUT2D eigenvalue weighted by Crippen LogP contribution is 2.17. The average molecular weight is 397 g/mol. The topological polar surface area (TPSA) is 103 Å². The van der Waals surface area contributed by atoms with E-state index in [-0.39, 0.29) is 11.8 Å². The zero-order valence-corrected chi connectivity index (χ0v) is 16.9. The van der Waals surface area contributed by atoms with Crippen molar-refractivity contribution in [1.82, 2.24) is 25.4 Å². The van der Waals surface area contributed by atoms with Gasteiger partial charge >= 0.3 is 0 Å². The molecule has 2 N–H and O–H groups in total. The number of hydrogen-bond acceptors (Lipinski definition) is 7. The van der Waals surface area contributed by atoms with Crippen LogP contribution in [0.4, 0.5) is 11.5 Å². The van der Waals surface area contributed by atoms with Crippen LogP contribution >= 0.6 is 0 Å². The van der Waals surface area contributed by atoms with Gasteiger partial charge in [-0.1, -0.05) is 6.92 Å². The summed E-state index contributed by atoms with van der Waals surface area (Å²) in [4.78, 5) is 32.2. The summed E-state index contributed by atoms with van der Waals surface area (Å²) >= 11 is 0. The molecule has 0 aromatic carbocycles. The molecule has 1 fully saturated rings. The van der Waals surface area contributed by atoms with Gasteiger partial charge in [0.25, 0.3) is 5.91 Å². The fourth-order valence-corrected chi connectivity index (χ4v) is 3.24. The van der Waals surface area contributed by atoms with Crippen LogP contribution in [-0.4, -0.2) is 65.1 Å². The van der Waals surface area contributed by atoms with Gasteiger partial charge in [0.2, 0.25) is 5.91 Å². The van der Waals surface area contributed by atoms with Gasteiger partial charge in [-0.25, -0.2) is 4.98 Å². The Kier molecular flexibility index (Phi) is 7.07. The molecule has 2 aromatic rings. The summed E-state index contributed by atoms with van der Waals surface area (Å²) in [6.07, 6.45) is 4.77. The molecular formula is C20H27N7O2. The Hall–Kier alpha value is -3.07.